The number of hydrogen-bond acceptors (Lipinski definition) is 2. The summed E-state index contributed by atoms with van der Waals surface area (Å²) in [5.41, 5.74) is 0. The summed E-state index contributed by atoms with van der Waals surface area (Å²) >= 11 is 1.90. The molecule has 1 nitrogen and oxygen atoms in total. The van der Waals surface area contributed by atoms with E-state index in [2.05, 4.69) is 11.6 Å². The first-order valence-electron chi connectivity index (χ1n) is 7.80. The fraction of sp³-hybridized carbons (Fsp3) is 1.00. The highest BCUT2D eigenvalue weighted by atomic mass is 32.2. The van der Waals surface area contributed by atoms with Gasteiger partial charge < -0.3 is 5.32 Å². The van der Waals surface area contributed by atoms with Crippen molar-refractivity contribution in [2.24, 2.45) is 5.92 Å². The zero-order valence-corrected chi connectivity index (χ0v) is 13.1. The maximum Gasteiger partial charge on any atom is 0.391 e. The molecule has 0 amide bonds. The predicted octanol–water partition coefficient (Wildman–Crippen LogP) is 4.76. The van der Waals surface area contributed by atoms with Crippen molar-refractivity contribution in [1.29, 1.82) is 0 Å². The first-order chi connectivity index (χ1) is 9.45. The fourth-order valence-corrected chi connectivity index (χ4v) is 4.58. The molecule has 2 saturated carbocycles. The van der Waals surface area contributed by atoms with Crippen LogP contribution in [0, 0.1) is 5.92 Å². The minimum Gasteiger partial charge on any atom is -0.313 e. The van der Waals surface area contributed by atoms with Crippen molar-refractivity contribution in [2.75, 3.05) is 12.8 Å². The van der Waals surface area contributed by atoms with Gasteiger partial charge in [-0.2, -0.15) is 24.9 Å². The molecule has 2 unspecified atom stereocenters. The van der Waals surface area contributed by atoms with E-state index in [9.17, 15) is 13.2 Å². The van der Waals surface area contributed by atoms with Crippen LogP contribution in [0.3, 0.4) is 0 Å². The molecule has 2 rings (SSSR count). The first-order valence-corrected chi connectivity index (χ1v) is 9.03. The van der Waals surface area contributed by atoms with Crippen LogP contribution in [0.25, 0.3) is 0 Å². The normalized spacial score (nSPS) is 31.2. The summed E-state index contributed by atoms with van der Waals surface area (Å²) in [6.07, 6.45) is 6.56. The summed E-state index contributed by atoms with van der Waals surface area (Å²) in [6.45, 7) is 0.878. The molecule has 0 spiro atoms. The summed E-state index contributed by atoms with van der Waals surface area (Å²) in [7, 11) is 0. The molecule has 0 aromatic heterocycles. The Morgan fingerprint density at radius 1 is 1.10 bits per heavy atom. The Bertz CT molecular complexity index is 300. The molecule has 2 atom stereocenters. The molecule has 1 N–H and O–H groups in total. The second kappa shape index (κ2) is 6.91. The molecule has 0 bridgehead atoms. The lowest BCUT2D eigenvalue weighted by Gasteiger charge is -2.39. The number of alkyl halides is 3. The second-order valence-corrected chi connectivity index (χ2v) is 7.71. The lowest BCUT2D eigenvalue weighted by molar-refractivity contribution is -0.183. The SMILES string of the molecule is CSC1(CNC2CCCC(C(F)(F)F)C2)CCCCC1. The highest BCUT2D eigenvalue weighted by Crippen LogP contribution is 2.40. The lowest BCUT2D eigenvalue weighted by atomic mass is 9.84. The van der Waals surface area contributed by atoms with Crippen LogP contribution < -0.4 is 5.32 Å². The van der Waals surface area contributed by atoms with Gasteiger partial charge in [-0.1, -0.05) is 25.7 Å². The summed E-state index contributed by atoms with van der Waals surface area (Å²) in [5, 5.41) is 3.46. The van der Waals surface area contributed by atoms with Crippen LogP contribution in [0.5, 0.6) is 0 Å². The molecule has 118 valence electrons. The van der Waals surface area contributed by atoms with Crippen LogP contribution in [0.2, 0.25) is 0 Å². The smallest absolute Gasteiger partial charge is 0.313 e. The zero-order valence-electron chi connectivity index (χ0n) is 12.3. The number of nitrogens with one attached hydrogen (secondary N) is 1. The van der Waals surface area contributed by atoms with E-state index in [1.807, 2.05) is 11.8 Å². The Morgan fingerprint density at radius 3 is 2.40 bits per heavy atom. The van der Waals surface area contributed by atoms with Gasteiger partial charge in [0.1, 0.15) is 0 Å². The molecule has 2 aliphatic carbocycles. The first kappa shape index (κ1) is 16.5. The third kappa shape index (κ3) is 4.30. The quantitative estimate of drug-likeness (QED) is 0.803. The molecular weight excluding hydrogens is 283 g/mol. The van der Waals surface area contributed by atoms with Gasteiger partial charge in [-0.15, -0.1) is 0 Å². The predicted molar refractivity (Wildman–Crippen MR) is 79.1 cm³/mol. The summed E-state index contributed by atoms with van der Waals surface area (Å²) in [5.74, 6) is -1.09. The monoisotopic (exact) mass is 309 g/mol. The molecule has 0 aromatic rings. The maximum atomic E-state index is 12.8. The van der Waals surface area contributed by atoms with E-state index >= 15 is 0 Å². The molecule has 2 aliphatic rings. The van der Waals surface area contributed by atoms with Crippen LogP contribution >= 0.6 is 11.8 Å². The van der Waals surface area contributed by atoms with Gasteiger partial charge >= 0.3 is 6.18 Å². The van der Waals surface area contributed by atoms with E-state index in [0.29, 0.717) is 12.8 Å². The van der Waals surface area contributed by atoms with Gasteiger partial charge in [-0.3, -0.25) is 0 Å². The van der Waals surface area contributed by atoms with Gasteiger partial charge in [0.2, 0.25) is 0 Å². The molecule has 2 fully saturated rings. The number of rotatable bonds is 4. The minimum absolute atomic E-state index is 0.0568. The van der Waals surface area contributed by atoms with E-state index in [1.54, 1.807) is 0 Å². The van der Waals surface area contributed by atoms with Crippen LogP contribution in [0.15, 0.2) is 0 Å². The Balaban J connectivity index is 1.83. The Morgan fingerprint density at radius 2 is 1.80 bits per heavy atom. The third-order valence-electron chi connectivity index (χ3n) is 5.05. The highest BCUT2D eigenvalue weighted by Gasteiger charge is 2.42. The Labute approximate surface area is 124 Å². The van der Waals surface area contributed by atoms with Crippen LogP contribution in [-0.4, -0.2) is 29.8 Å². The molecule has 0 radical (unpaired) electrons. The van der Waals surface area contributed by atoms with Gasteiger partial charge in [0.25, 0.3) is 0 Å². The van der Waals surface area contributed by atoms with Crippen LogP contribution in [0.1, 0.15) is 57.8 Å². The van der Waals surface area contributed by atoms with E-state index in [4.69, 9.17) is 0 Å². The molecule has 0 aliphatic heterocycles. The van der Waals surface area contributed by atoms with Gasteiger partial charge in [0.15, 0.2) is 0 Å². The average molecular weight is 309 g/mol. The van der Waals surface area contributed by atoms with E-state index < -0.39 is 12.1 Å². The standard InChI is InChI=1S/C15H26F3NS/c1-20-14(8-3-2-4-9-14)11-19-13-7-5-6-12(10-13)15(16,17)18/h12-13,19H,2-11H2,1H3. The van der Waals surface area contributed by atoms with Crippen LogP contribution in [0.4, 0.5) is 13.2 Å². The number of thioether (sulfide) groups is 1. The minimum atomic E-state index is -4.01. The number of hydrogen-bond donors (Lipinski definition) is 1. The Kier molecular flexibility index (Phi) is 5.69. The zero-order chi connectivity index (χ0) is 14.6. The van der Waals surface area contributed by atoms with Crippen molar-refractivity contribution in [1.82, 2.24) is 5.32 Å². The van der Waals surface area contributed by atoms with E-state index in [0.717, 1.165) is 13.0 Å². The number of halogens is 3. The molecule has 0 heterocycles. The lowest BCUT2D eigenvalue weighted by Crippen LogP contribution is -2.46. The molecule has 20 heavy (non-hydrogen) atoms. The highest BCUT2D eigenvalue weighted by molar-refractivity contribution is 8.00. The van der Waals surface area contributed by atoms with E-state index in [1.165, 1.54) is 32.1 Å². The van der Waals surface area contributed by atoms with Crippen molar-refractivity contribution in [3.8, 4) is 0 Å². The van der Waals surface area contributed by atoms with Crippen molar-refractivity contribution < 1.29 is 13.2 Å². The third-order valence-corrected chi connectivity index (χ3v) is 6.47. The van der Waals surface area contributed by atoms with Crippen molar-refractivity contribution in [3.63, 3.8) is 0 Å². The second-order valence-electron chi connectivity index (χ2n) is 6.43. The van der Waals surface area contributed by atoms with Gasteiger partial charge in [0, 0.05) is 17.3 Å². The maximum absolute atomic E-state index is 12.8. The van der Waals surface area contributed by atoms with Crippen LogP contribution in [-0.2, 0) is 0 Å². The molecule has 0 saturated heterocycles. The Hall–Kier alpha value is 0.100. The fourth-order valence-electron chi connectivity index (χ4n) is 3.65. The van der Waals surface area contributed by atoms with Crippen molar-refractivity contribution in [3.05, 3.63) is 0 Å². The van der Waals surface area contributed by atoms with Gasteiger partial charge in [-0.25, -0.2) is 0 Å². The summed E-state index contributed by atoms with van der Waals surface area (Å²) in [6, 6.07) is 0.0568. The van der Waals surface area contributed by atoms with Gasteiger partial charge in [0.05, 0.1) is 5.92 Å². The van der Waals surface area contributed by atoms with Gasteiger partial charge in [-0.05, 0) is 38.4 Å². The van der Waals surface area contributed by atoms with Crippen molar-refractivity contribution in [2.45, 2.75) is 74.8 Å². The molecule has 5 heteroatoms. The molecule has 0 aromatic carbocycles. The molecular formula is C15H26F3NS. The van der Waals surface area contributed by atoms with E-state index in [-0.39, 0.29) is 17.2 Å². The average Bonchev–Trinajstić information content (AvgIpc) is 2.46. The largest absolute Gasteiger partial charge is 0.391 e. The summed E-state index contributed by atoms with van der Waals surface area (Å²) in [4.78, 5) is 0. The topological polar surface area (TPSA) is 12.0 Å². The summed E-state index contributed by atoms with van der Waals surface area (Å²) < 4.78 is 38.7. The van der Waals surface area contributed by atoms with Crippen molar-refractivity contribution >= 4 is 11.8 Å².